The van der Waals surface area contributed by atoms with Crippen LogP contribution in [-0.4, -0.2) is 11.8 Å². The SMILES string of the molecule is CC(CCl)C(=O)Nc1cc(F)cc(F)c1F. The van der Waals surface area contributed by atoms with Gasteiger partial charge in [-0.05, 0) is 0 Å². The van der Waals surface area contributed by atoms with Gasteiger partial charge in [0, 0.05) is 23.9 Å². The Morgan fingerprint density at radius 3 is 2.62 bits per heavy atom. The summed E-state index contributed by atoms with van der Waals surface area (Å²) in [6.45, 7) is 1.51. The van der Waals surface area contributed by atoms with Gasteiger partial charge >= 0.3 is 0 Å². The van der Waals surface area contributed by atoms with Crippen molar-refractivity contribution < 1.29 is 18.0 Å². The molecule has 0 saturated carbocycles. The number of hydrogen-bond donors (Lipinski definition) is 1. The third-order valence-electron chi connectivity index (χ3n) is 1.93. The topological polar surface area (TPSA) is 29.1 Å². The van der Waals surface area contributed by atoms with E-state index in [2.05, 4.69) is 5.32 Å². The molecule has 16 heavy (non-hydrogen) atoms. The normalized spacial score (nSPS) is 12.3. The van der Waals surface area contributed by atoms with Gasteiger partial charge in [-0.15, -0.1) is 11.6 Å². The van der Waals surface area contributed by atoms with E-state index in [9.17, 15) is 18.0 Å². The summed E-state index contributed by atoms with van der Waals surface area (Å²) in [5, 5.41) is 2.06. The lowest BCUT2D eigenvalue weighted by Crippen LogP contribution is -2.22. The summed E-state index contributed by atoms with van der Waals surface area (Å²) in [7, 11) is 0. The van der Waals surface area contributed by atoms with Crippen LogP contribution in [0.25, 0.3) is 0 Å². The molecule has 0 bridgehead atoms. The zero-order valence-corrected chi connectivity index (χ0v) is 9.12. The van der Waals surface area contributed by atoms with E-state index in [1.54, 1.807) is 0 Å². The number of halogens is 4. The van der Waals surface area contributed by atoms with Crippen molar-refractivity contribution in [2.24, 2.45) is 5.92 Å². The van der Waals surface area contributed by atoms with Crippen LogP contribution in [0.5, 0.6) is 0 Å². The largest absolute Gasteiger partial charge is 0.323 e. The van der Waals surface area contributed by atoms with Crippen molar-refractivity contribution in [1.29, 1.82) is 0 Å². The number of carbonyl (C=O) groups excluding carboxylic acids is 1. The molecule has 1 aromatic carbocycles. The van der Waals surface area contributed by atoms with Crippen molar-refractivity contribution in [1.82, 2.24) is 0 Å². The zero-order valence-electron chi connectivity index (χ0n) is 8.36. The summed E-state index contributed by atoms with van der Waals surface area (Å²) in [6.07, 6.45) is 0. The average Bonchev–Trinajstić information content (AvgIpc) is 2.23. The van der Waals surface area contributed by atoms with Crippen LogP contribution in [-0.2, 0) is 4.79 Å². The van der Waals surface area contributed by atoms with E-state index in [-0.39, 0.29) is 5.88 Å². The molecule has 0 aliphatic carbocycles. The van der Waals surface area contributed by atoms with Gasteiger partial charge in [-0.2, -0.15) is 0 Å². The fourth-order valence-corrected chi connectivity index (χ4v) is 1.11. The monoisotopic (exact) mass is 251 g/mol. The van der Waals surface area contributed by atoms with Crippen LogP contribution in [0.1, 0.15) is 6.92 Å². The Bertz CT molecular complexity index is 411. The Morgan fingerprint density at radius 1 is 1.44 bits per heavy atom. The molecule has 0 saturated heterocycles. The molecular formula is C10H9ClF3NO. The molecule has 0 heterocycles. The molecule has 88 valence electrons. The molecule has 0 aliphatic rings. The molecule has 1 atom stereocenters. The number of nitrogens with one attached hydrogen (secondary N) is 1. The first kappa shape index (κ1) is 12.8. The molecular weight excluding hydrogens is 243 g/mol. The number of benzene rings is 1. The van der Waals surface area contributed by atoms with Crippen molar-refractivity contribution in [2.45, 2.75) is 6.92 Å². The maximum absolute atomic E-state index is 13.1. The molecule has 6 heteroatoms. The van der Waals surface area contributed by atoms with Gasteiger partial charge in [-0.25, -0.2) is 13.2 Å². The maximum atomic E-state index is 13.1. The molecule has 1 rings (SSSR count). The van der Waals surface area contributed by atoms with Crippen LogP contribution in [0.4, 0.5) is 18.9 Å². The van der Waals surface area contributed by atoms with Crippen molar-refractivity contribution in [3.8, 4) is 0 Å². The predicted molar refractivity (Wildman–Crippen MR) is 54.8 cm³/mol. The van der Waals surface area contributed by atoms with E-state index in [1.165, 1.54) is 6.92 Å². The quantitative estimate of drug-likeness (QED) is 0.650. The molecule has 1 unspecified atom stereocenters. The second-order valence-electron chi connectivity index (χ2n) is 3.29. The highest BCUT2D eigenvalue weighted by Gasteiger charge is 2.16. The second kappa shape index (κ2) is 5.21. The third-order valence-corrected chi connectivity index (χ3v) is 2.39. The first-order valence-corrected chi connectivity index (χ1v) is 5.00. The van der Waals surface area contributed by atoms with Crippen molar-refractivity contribution in [3.05, 3.63) is 29.6 Å². The number of carbonyl (C=O) groups is 1. The van der Waals surface area contributed by atoms with Gasteiger partial charge in [-0.1, -0.05) is 6.92 Å². The van der Waals surface area contributed by atoms with Crippen LogP contribution in [0.3, 0.4) is 0 Å². The van der Waals surface area contributed by atoms with Crippen molar-refractivity contribution in [3.63, 3.8) is 0 Å². The molecule has 1 aromatic rings. The second-order valence-corrected chi connectivity index (χ2v) is 3.60. The summed E-state index contributed by atoms with van der Waals surface area (Å²) in [4.78, 5) is 11.3. The Labute approximate surface area is 95.4 Å². The Hall–Kier alpha value is -1.23. The lowest BCUT2D eigenvalue weighted by atomic mass is 10.2. The number of alkyl halides is 1. The smallest absolute Gasteiger partial charge is 0.228 e. The molecule has 2 nitrogen and oxygen atoms in total. The Morgan fingerprint density at radius 2 is 2.06 bits per heavy atom. The Balaban J connectivity index is 2.93. The lowest BCUT2D eigenvalue weighted by Gasteiger charge is -2.10. The van der Waals surface area contributed by atoms with Crippen molar-refractivity contribution in [2.75, 3.05) is 11.2 Å². The van der Waals surface area contributed by atoms with Crippen LogP contribution in [0, 0.1) is 23.4 Å². The van der Waals surface area contributed by atoms with Gasteiger partial charge in [0.05, 0.1) is 5.69 Å². The van der Waals surface area contributed by atoms with Crippen LogP contribution in [0.2, 0.25) is 0 Å². The van der Waals surface area contributed by atoms with Gasteiger partial charge in [0.2, 0.25) is 5.91 Å². The molecule has 0 aliphatic heterocycles. The Kier molecular flexibility index (Phi) is 4.18. The van der Waals surface area contributed by atoms with E-state index in [1.807, 2.05) is 0 Å². The highest BCUT2D eigenvalue weighted by Crippen LogP contribution is 2.19. The predicted octanol–water partition coefficient (Wildman–Crippen LogP) is 2.92. The average molecular weight is 252 g/mol. The molecule has 0 aromatic heterocycles. The summed E-state index contributed by atoms with van der Waals surface area (Å²) in [5.41, 5.74) is -0.528. The lowest BCUT2D eigenvalue weighted by molar-refractivity contribution is -0.118. The highest BCUT2D eigenvalue weighted by molar-refractivity contribution is 6.19. The van der Waals surface area contributed by atoms with Gasteiger partial charge < -0.3 is 5.32 Å². The van der Waals surface area contributed by atoms with E-state index in [4.69, 9.17) is 11.6 Å². The summed E-state index contributed by atoms with van der Waals surface area (Å²) in [6, 6.07) is 1.10. The number of hydrogen-bond acceptors (Lipinski definition) is 1. The summed E-state index contributed by atoms with van der Waals surface area (Å²) < 4.78 is 38.7. The van der Waals surface area contributed by atoms with E-state index in [0.29, 0.717) is 12.1 Å². The van der Waals surface area contributed by atoms with Crippen LogP contribution < -0.4 is 5.32 Å². The fraction of sp³-hybridized carbons (Fsp3) is 0.300. The first-order chi connectivity index (χ1) is 7.45. The van der Waals surface area contributed by atoms with Gasteiger partial charge in [0.15, 0.2) is 11.6 Å². The van der Waals surface area contributed by atoms with Gasteiger partial charge in [0.1, 0.15) is 5.82 Å². The fourth-order valence-electron chi connectivity index (χ4n) is 0.973. The van der Waals surface area contributed by atoms with Crippen molar-refractivity contribution >= 4 is 23.2 Å². The molecule has 0 fully saturated rings. The number of rotatable bonds is 3. The standard InChI is InChI=1S/C10H9ClF3NO/c1-5(4-11)10(16)15-8-3-6(12)2-7(13)9(8)14/h2-3,5H,4H2,1H3,(H,15,16). The highest BCUT2D eigenvalue weighted by atomic mass is 35.5. The minimum absolute atomic E-state index is 0.0330. The molecule has 1 amide bonds. The van der Waals surface area contributed by atoms with Gasteiger partial charge in [0.25, 0.3) is 0 Å². The van der Waals surface area contributed by atoms with Gasteiger partial charge in [-0.3, -0.25) is 4.79 Å². The summed E-state index contributed by atoms with van der Waals surface area (Å²) >= 11 is 5.41. The number of anilines is 1. The third kappa shape index (κ3) is 2.88. The zero-order chi connectivity index (χ0) is 12.3. The van der Waals surface area contributed by atoms with E-state index in [0.717, 1.165) is 0 Å². The molecule has 1 N–H and O–H groups in total. The van der Waals surface area contributed by atoms with Crippen LogP contribution >= 0.6 is 11.6 Å². The molecule has 0 spiro atoms. The minimum atomic E-state index is -1.35. The van der Waals surface area contributed by atoms with E-state index >= 15 is 0 Å². The molecule has 0 radical (unpaired) electrons. The first-order valence-electron chi connectivity index (χ1n) is 4.47. The summed E-state index contributed by atoms with van der Waals surface area (Å²) in [5.74, 6) is -4.75. The van der Waals surface area contributed by atoms with Crippen LogP contribution in [0.15, 0.2) is 12.1 Å². The van der Waals surface area contributed by atoms with E-state index < -0.39 is 35.0 Å². The number of amides is 1. The maximum Gasteiger partial charge on any atom is 0.228 e. The minimum Gasteiger partial charge on any atom is -0.323 e.